The van der Waals surface area contributed by atoms with Gasteiger partial charge in [0, 0.05) is 0 Å². The number of hydrogen-bond acceptors (Lipinski definition) is 6. The summed E-state index contributed by atoms with van der Waals surface area (Å²) >= 11 is 0. The molecule has 0 atom stereocenters. The van der Waals surface area contributed by atoms with E-state index in [4.69, 9.17) is 30.6 Å². The van der Waals surface area contributed by atoms with Gasteiger partial charge >= 0.3 is 65.2 Å². The van der Waals surface area contributed by atoms with E-state index in [0.717, 1.165) is 0 Å². The molecule has 0 amide bonds. The van der Waals surface area contributed by atoms with Gasteiger partial charge in [-0.3, -0.25) is 0 Å². The van der Waals surface area contributed by atoms with Crippen LogP contribution in [0.2, 0.25) is 0 Å². The average molecular weight is 394 g/mol. The Morgan fingerprint density at radius 3 is 0.562 bits per heavy atom. The van der Waals surface area contributed by atoms with Crippen molar-refractivity contribution in [3.63, 3.8) is 0 Å². The zero-order chi connectivity index (χ0) is 7.15. The molecular weight excluding hydrogens is 382 g/mol. The van der Waals surface area contributed by atoms with Crippen molar-refractivity contribution < 1.29 is 108 Å². The third-order valence-corrected chi connectivity index (χ3v) is 0. The van der Waals surface area contributed by atoms with Gasteiger partial charge in [0.1, 0.15) is 0 Å². The third kappa shape index (κ3) is 20300. The minimum atomic E-state index is -1.75. The number of nitrogens with zero attached hydrogens (tertiary/aromatic N) is 2. The van der Waals surface area contributed by atoms with Crippen LogP contribution >= 0.6 is 0 Å². The average Bonchev–Trinajstić information content (AvgIpc) is 1.25. The molecule has 0 aliphatic rings. The second kappa shape index (κ2) is 78.3. The Morgan fingerprint density at radius 2 is 0.562 bits per heavy atom. The van der Waals surface area contributed by atoms with Crippen LogP contribution in [0.1, 0.15) is 0 Å². The number of rotatable bonds is 0. The molecular formula is H12LaN2NaO12+2. The van der Waals surface area contributed by atoms with Crippen LogP contribution in [0.3, 0.4) is 0 Å². The van der Waals surface area contributed by atoms with Crippen LogP contribution in [-0.4, -0.2) is 43.0 Å². The van der Waals surface area contributed by atoms with Crippen molar-refractivity contribution >= 4 is 0 Å². The fourth-order valence-corrected chi connectivity index (χ4v) is 0. The third-order valence-electron chi connectivity index (χ3n) is 0. The molecule has 0 rings (SSSR count). The van der Waals surface area contributed by atoms with Gasteiger partial charge in [0.15, 0.2) is 0 Å². The van der Waals surface area contributed by atoms with Crippen LogP contribution in [0.5, 0.6) is 0 Å². The molecule has 96 valence electrons. The predicted octanol–water partition coefficient (Wildman–Crippen LogP) is -8.42. The molecule has 0 fully saturated rings. The van der Waals surface area contributed by atoms with Crippen LogP contribution in [0, 0.1) is 66.2 Å². The van der Waals surface area contributed by atoms with Crippen LogP contribution in [0.25, 0.3) is 0 Å². The molecule has 16 heteroatoms. The first-order chi connectivity index (χ1) is 3.46. The SMILES string of the molecule is O.O.O.O.O.O.O=[N+]([O-])[O-].O=[N+]([O-])[O-].[La+3].[Na+]. The minimum Gasteiger partial charge on any atom is -0.412 e. The summed E-state index contributed by atoms with van der Waals surface area (Å²) in [4.78, 5) is 16.5. The van der Waals surface area contributed by atoms with Gasteiger partial charge in [0.05, 0.1) is 10.2 Å². The Bertz CT molecular complexity index is 77.0. The Morgan fingerprint density at radius 1 is 0.562 bits per heavy atom. The van der Waals surface area contributed by atoms with E-state index in [1.165, 1.54) is 0 Å². The molecule has 0 aromatic carbocycles. The molecule has 0 saturated carbocycles. The first-order valence-corrected chi connectivity index (χ1v) is 1.10. The minimum absolute atomic E-state index is 0. The monoisotopic (exact) mass is 394 g/mol. The summed E-state index contributed by atoms with van der Waals surface area (Å²) < 4.78 is 0. The molecule has 0 aromatic heterocycles. The molecule has 0 aliphatic heterocycles. The Kier molecular flexibility index (Phi) is 468. The summed E-state index contributed by atoms with van der Waals surface area (Å²) in [5.74, 6) is 0. The number of hydrogen-bond donors (Lipinski definition) is 0. The molecule has 0 bridgehead atoms. The maximum absolute atomic E-state index is 8.25. The van der Waals surface area contributed by atoms with E-state index >= 15 is 0 Å². The molecule has 0 heterocycles. The summed E-state index contributed by atoms with van der Waals surface area (Å²) in [6, 6.07) is 0. The van der Waals surface area contributed by atoms with E-state index in [1.807, 2.05) is 0 Å². The molecule has 0 radical (unpaired) electrons. The van der Waals surface area contributed by atoms with Crippen molar-refractivity contribution in [1.29, 1.82) is 0 Å². The topological polar surface area (TPSA) is 321 Å². The predicted molar refractivity (Wildman–Crippen MR) is 42.4 cm³/mol. The van der Waals surface area contributed by atoms with E-state index < -0.39 is 10.2 Å². The van der Waals surface area contributed by atoms with Gasteiger partial charge < -0.3 is 63.5 Å². The molecule has 16 heavy (non-hydrogen) atoms. The van der Waals surface area contributed by atoms with Crippen molar-refractivity contribution in [3.05, 3.63) is 30.6 Å². The van der Waals surface area contributed by atoms with E-state index in [2.05, 4.69) is 0 Å². The molecule has 0 unspecified atom stereocenters. The van der Waals surface area contributed by atoms with Gasteiger partial charge in [-0.2, -0.15) is 0 Å². The van der Waals surface area contributed by atoms with E-state index in [0.29, 0.717) is 0 Å². The van der Waals surface area contributed by atoms with Gasteiger partial charge in [-0.1, -0.05) is 0 Å². The van der Waals surface area contributed by atoms with Crippen molar-refractivity contribution in [2.75, 3.05) is 0 Å². The van der Waals surface area contributed by atoms with Crippen molar-refractivity contribution in [1.82, 2.24) is 0 Å². The summed E-state index contributed by atoms with van der Waals surface area (Å²) in [7, 11) is 0. The first kappa shape index (κ1) is 95.5. The van der Waals surface area contributed by atoms with Gasteiger partial charge in [-0.15, -0.1) is 0 Å². The first-order valence-electron chi connectivity index (χ1n) is 1.10. The van der Waals surface area contributed by atoms with Gasteiger partial charge in [-0.25, -0.2) is 0 Å². The molecule has 0 spiro atoms. The summed E-state index contributed by atoms with van der Waals surface area (Å²) in [5, 5.41) is 29.5. The van der Waals surface area contributed by atoms with Gasteiger partial charge in [0.25, 0.3) is 0 Å². The van der Waals surface area contributed by atoms with E-state index in [9.17, 15) is 0 Å². The maximum atomic E-state index is 8.25. The second-order valence-electron chi connectivity index (χ2n) is 0.447. The zero-order valence-corrected chi connectivity index (χ0v) is 13.5. The van der Waals surface area contributed by atoms with Crippen LogP contribution in [0.15, 0.2) is 0 Å². The fraction of sp³-hybridized carbons (Fsp3) is 0. The normalized spacial score (nSPS) is 3.00. The fourth-order valence-electron chi connectivity index (χ4n) is 0. The molecule has 14 nitrogen and oxygen atoms in total. The van der Waals surface area contributed by atoms with E-state index in [1.54, 1.807) is 0 Å². The maximum Gasteiger partial charge on any atom is 3.00 e. The second-order valence-corrected chi connectivity index (χ2v) is 0.447. The molecule has 0 aromatic rings. The van der Waals surface area contributed by atoms with Crippen molar-refractivity contribution in [2.45, 2.75) is 0 Å². The standard InChI is InChI=1S/La.2NO3.Na.6H2O/c;2*2-1(3)4;;;;;;;/h;;;;6*1H2/q+3;2*-1;+1;;;;;;. The van der Waals surface area contributed by atoms with Crippen LogP contribution < -0.4 is 29.6 Å². The van der Waals surface area contributed by atoms with Crippen molar-refractivity contribution in [3.8, 4) is 0 Å². The molecule has 0 saturated heterocycles. The van der Waals surface area contributed by atoms with Crippen LogP contribution in [-0.2, 0) is 0 Å². The van der Waals surface area contributed by atoms with Crippen molar-refractivity contribution in [2.24, 2.45) is 0 Å². The summed E-state index contributed by atoms with van der Waals surface area (Å²) in [6.45, 7) is 0. The summed E-state index contributed by atoms with van der Waals surface area (Å²) in [6.07, 6.45) is 0. The van der Waals surface area contributed by atoms with E-state index in [-0.39, 0.29) is 98.0 Å². The molecule has 12 N–H and O–H groups in total. The largest absolute Gasteiger partial charge is 3.00 e. The van der Waals surface area contributed by atoms with Crippen LogP contribution in [0.4, 0.5) is 0 Å². The zero-order valence-electron chi connectivity index (χ0n) is 7.92. The Hall–Kier alpha value is 0.355. The Balaban J connectivity index is -0.00000000375. The van der Waals surface area contributed by atoms with Gasteiger partial charge in [0.2, 0.25) is 0 Å². The molecule has 0 aliphatic carbocycles. The Labute approximate surface area is 138 Å². The van der Waals surface area contributed by atoms with Gasteiger partial charge in [-0.05, 0) is 0 Å². The smallest absolute Gasteiger partial charge is 0.412 e. The summed E-state index contributed by atoms with van der Waals surface area (Å²) in [5.41, 5.74) is 0. The quantitative estimate of drug-likeness (QED) is 0.218.